The number of amides is 1. The number of pyridine rings is 1. The van der Waals surface area contributed by atoms with E-state index >= 15 is 0 Å². The van der Waals surface area contributed by atoms with E-state index in [1.807, 2.05) is 0 Å². The minimum atomic E-state index is -1.58. The molecule has 1 saturated heterocycles. The van der Waals surface area contributed by atoms with Gasteiger partial charge in [-0.1, -0.05) is 6.07 Å². The lowest BCUT2D eigenvalue weighted by molar-refractivity contribution is -0.252. The van der Waals surface area contributed by atoms with Gasteiger partial charge in [-0.05, 0) is 19.1 Å². The van der Waals surface area contributed by atoms with E-state index in [4.69, 9.17) is 9.84 Å². The Morgan fingerprint density at radius 3 is 2.73 bits per heavy atom. The maximum atomic E-state index is 12.5. The smallest absolute Gasteiger partial charge is 0.255 e. The molecule has 2 aromatic rings. The molecule has 0 spiro atoms. The highest BCUT2D eigenvalue weighted by molar-refractivity contribution is 5.95. The van der Waals surface area contributed by atoms with Gasteiger partial charge in [-0.15, -0.1) is 0 Å². The van der Waals surface area contributed by atoms with Crippen molar-refractivity contribution in [3.05, 3.63) is 41.9 Å². The van der Waals surface area contributed by atoms with Gasteiger partial charge in [-0.3, -0.25) is 4.79 Å². The van der Waals surface area contributed by atoms with Crippen molar-refractivity contribution >= 4 is 5.91 Å². The zero-order valence-electron chi connectivity index (χ0n) is 13.9. The van der Waals surface area contributed by atoms with Gasteiger partial charge in [0.2, 0.25) is 0 Å². The number of ether oxygens (including phenoxy) is 1. The predicted molar refractivity (Wildman–Crippen MR) is 87.3 cm³/mol. The number of carbonyl (C=O) groups excluding carboxylic acids is 1. The van der Waals surface area contributed by atoms with Crippen LogP contribution in [0.15, 0.2) is 30.6 Å². The van der Waals surface area contributed by atoms with Gasteiger partial charge in [0.1, 0.15) is 24.4 Å². The minimum absolute atomic E-state index is 0.217. The van der Waals surface area contributed by atoms with Gasteiger partial charge in [0, 0.05) is 6.20 Å². The molecule has 1 aliphatic heterocycles. The van der Waals surface area contributed by atoms with E-state index in [1.54, 1.807) is 31.3 Å². The summed E-state index contributed by atoms with van der Waals surface area (Å²) in [4.78, 5) is 16.7. The number of nitrogens with zero attached hydrogens (tertiary/aromatic N) is 3. The summed E-state index contributed by atoms with van der Waals surface area (Å²) in [5.41, 5.74) is 0.726. The van der Waals surface area contributed by atoms with Crippen LogP contribution in [0.4, 0.5) is 0 Å². The average molecular weight is 364 g/mol. The molecule has 1 fully saturated rings. The largest absolute Gasteiger partial charge is 0.394 e. The van der Waals surface area contributed by atoms with Crippen molar-refractivity contribution in [2.24, 2.45) is 0 Å². The Bertz CT molecular complexity index is 767. The second-order valence-electron chi connectivity index (χ2n) is 5.97. The van der Waals surface area contributed by atoms with Crippen LogP contribution in [0.3, 0.4) is 0 Å². The monoisotopic (exact) mass is 364 g/mol. The molecular weight excluding hydrogens is 344 g/mol. The fourth-order valence-electron chi connectivity index (χ4n) is 2.82. The average Bonchev–Trinajstić information content (AvgIpc) is 3.04. The van der Waals surface area contributed by atoms with Crippen LogP contribution in [0, 0.1) is 6.92 Å². The van der Waals surface area contributed by atoms with Crippen LogP contribution >= 0.6 is 0 Å². The van der Waals surface area contributed by atoms with Crippen molar-refractivity contribution in [1.82, 2.24) is 20.1 Å². The molecule has 0 radical (unpaired) electrons. The van der Waals surface area contributed by atoms with E-state index in [2.05, 4.69) is 15.4 Å². The summed E-state index contributed by atoms with van der Waals surface area (Å²) in [6.45, 7) is 1.10. The van der Waals surface area contributed by atoms with Crippen molar-refractivity contribution in [2.75, 3.05) is 6.61 Å². The van der Waals surface area contributed by atoms with E-state index in [1.165, 1.54) is 10.9 Å². The number of aliphatic hydroxyl groups is 4. The number of nitrogens with one attached hydrogen (secondary N) is 1. The van der Waals surface area contributed by atoms with Crippen LogP contribution in [0.2, 0.25) is 0 Å². The van der Waals surface area contributed by atoms with Crippen LogP contribution in [0.25, 0.3) is 5.82 Å². The van der Waals surface area contributed by atoms with Crippen LogP contribution in [0.5, 0.6) is 0 Å². The SMILES string of the molecule is Cc1c(C(=O)NC2C(O)O[C@H](CO)C(O)[C@@H]2O)cnn1-c1ccccn1. The Labute approximate surface area is 148 Å². The highest BCUT2D eigenvalue weighted by Gasteiger charge is 2.44. The third-order valence-electron chi connectivity index (χ3n) is 4.32. The quantitative estimate of drug-likeness (QED) is 0.422. The number of aromatic nitrogens is 3. The first-order valence-electron chi connectivity index (χ1n) is 8.01. The second kappa shape index (κ2) is 7.48. The summed E-state index contributed by atoms with van der Waals surface area (Å²) >= 11 is 0. The number of carbonyl (C=O) groups is 1. The van der Waals surface area contributed by atoms with Gasteiger partial charge < -0.3 is 30.5 Å². The van der Waals surface area contributed by atoms with Crippen molar-refractivity contribution < 1.29 is 30.0 Å². The molecule has 0 aliphatic carbocycles. The highest BCUT2D eigenvalue weighted by atomic mass is 16.6. The number of hydrogen-bond acceptors (Lipinski definition) is 8. The molecule has 5 atom stereocenters. The van der Waals surface area contributed by atoms with E-state index in [0.29, 0.717) is 11.5 Å². The summed E-state index contributed by atoms with van der Waals surface area (Å²) in [7, 11) is 0. The number of aliphatic hydroxyl groups excluding tert-OH is 4. The molecular formula is C16H20N4O6. The van der Waals surface area contributed by atoms with Crippen LogP contribution in [0.1, 0.15) is 16.1 Å². The lowest BCUT2D eigenvalue weighted by Crippen LogP contribution is -2.64. The van der Waals surface area contributed by atoms with Crippen LogP contribution in [-0.4, -0.2) is 78.3 Å². The Morgan fingerprint density at radius 2 is 2.08 bits per heavy atom. The normalized spacial score (nSPS) is 28.7. The molecule has 2 aromatic heterocycles. The van der Waals surface area contributed by atoms with Gasteiger partial charge in [0.15, 0.2) is 12.1 Å². The topological polar surface area (TPSA) is 150 Å². The Hall–Kier alpha value is -2.37. The first kappa shape index (κ1) is 18.4. The van der Waals surface area contributed by atoms with Crippen LogP contribution < -0.4 is 5.32 Å². The molecule has 1 amide bonds. The summed E-state index contributed by atoms with van der Waals surface area (Å²) in [6, 6.07) is 4.01. The van der Waals surface area contributed by atoms with Crippen molar-refractivity contribution in [3.63, 3.8) is 0 Å². The molecule has 3 unspecified atom stereocenters. The number of rotatable bonds is 4. The first-order valence-corrected chi connectivity index (χ1v) is 8.01. The summed E-state index contributed by atoms with van der Waals surface area (Å²) < 4.78 is 6.50. The first-order chi connectivity index (χ1) is 12.4. The molecule has 0 aromatic carbocycles. The molecule has 140 valence electrons. The lowest BCUT2D eigenvalue weighted by Gasteiger charge is -2.40. The third-order valence-corrected chi connectivity index (χ3v) is 4.32. The van der Waals surface area contributed by atoms with Gasteiger partial charge in [0.25, 0.3) is 5.91 Å². The fraction of sp³-hybridized carbons (Fsp3) is 0.438. The Kier molecular flexibility index (Phi) is 5.30. The third kappa shape index (κ3) is 3.32. The van der Waals surface area contributed by atoms with E-state index in [0.717, 1.165) is 0 Å². The maximum Gasteiger partial charge on any atom is 0.255 e. The molecule has 3 heterocycles. The molecule has 3 rings (SSSR count). The molecule has 5 N–H and O–H groups in total. The molecule has 1 aliphatic rings. The second-order valence-corrected chi connectivity index (χ2v) is 5.97. The standard InChI is InChI=1S/C16H20N4O6/c1-8-9(6-18-20(8)11-4-2-3-5-17-11)15(24)19-12-14(23)13(22)10(7-21)26-16(12)25/h2-6,10,12-14,16,21-23,25H,7H2,1H3,(H,19,24)/t10-,12?,13?,14-,16?/m1/s1. The fourth-order valence-corrected chi connectivity index (χ4v) is 2.82. The van der Waals surface area contributed by atoms with E-state index in [-0.39, 0.29) is 5.56 Å². The van der Waals surface area contributed by atoms with Gasteiger partial charge >= 0.3 is 0 Å². The molecule has 26 heavy (non-hydrogen) atoms. The Morgan fingerprint density at radius 1 is 1.31 bits per heavy atom. The van der Waals surface area contributed by atoms with Crippen molar-refractivity contribution in [1.29, 1.82) is 0 Å². The lowest BCUT2D eigenvalue weighted by atomic mass is 9.97. The molecule has 0 saturated carbocycles. The highest BCUT2D eigenvalue weighted by Crippen LogP contribution is 2.20. The van der Waals surface area contributed by atoms with Crippen molar-refractivity contribution in [2.45, 2.75) is 37.6 Å². The summed E-state index contributed by atoms with van der Waals surface area (Å²) in [6.07, 6.45) is -2.74. The summed E-state index contributed by atoms with van der Waals surface area (Å²) in [5.74, 6) is -0.0719. The van der Waals surface area contributed by atoms with Crippen LogP contribution in [-0.2, 0) is 4.74 Å². The Balaban J connectivity index is 1.78. The zero-order chi connectivity index (χ0) is 18.8. The maximum absolute atomic E-state index is 12.5. The summed E-state index contributed by atoms with van der Waals surface area (Å²) in [5, 5.41) is 45.6. The minimum Gasteiger partial charge on any atom is -0.394 e. The van der Waals surface area contributed by atoms with Crippen molar-refractivity contribution in [3.8, 4) is 5.82 Å². The van der Waals surface area contributed by atoms with Gasteiger partial charge in [-0.2, -0.15) is 5.10 Å². The van der Waals surface area contributed by atoms with Gasteiger partial charge in [0.05, 0.1) is 24.1 Å². The molecule has 10 nitrogen and oxygen atoms in total. The molecule has 0 bridgehead atoms. The number of hydrogen-bond donors (Lipinski definition) is 5. The van der Waals surface area contributed by atoms with Gasteiger partial charge in [-0.25, -0.2) is 9.67 Å². The van der Waals surface area contributed by atoms with E-state index < -0.39 is 43.2 Å². The van der Waals surface area contributed by atoms with E-state index in [9.17, 15) is 20.1 Å². The molecule has 10 heteroatoms. The zero-order valence-corrected chi connectivity index (χ0v) is 13.9. The predicted octanol–water partition coefficient (Wildman–Crippen LogP) is -1.89.